The lowest BCUT2D eigenvalue weighted by molar-refractivity contribution is 0.640. The van der Waals surface area contributed by atoms with Gasteiger partial charge in [-0.05, 0) is 24.3 Å². The highest BCUT2D eigenvalue weighted by atomic mass is 15.3. The summed E-state index contributed by atoms with van der Waals surface area (Å²) in [5.41, 5.74) is 1.36. The highest BCUT2D eigenvalue weighted by Crippen LogP contribution is 2.34. The SMILES string of the molecule is CC(C)c1cnn(C2CC2)c1. The van der Waals surface area contributed by atoms with Crippen LogP contribution in [0.4, 0.5) is 0 Å². The van der Waals surface area contributed by atoms with Gasteiger partial charge in [-0.15, -0.1) is 0 Å². The topological polar surface area (TPSA) is 17.8 Å². The molecule has 0 unspecified atom stereocenters. The third-order valence-electron chi connectivity index (χ3n) is 2.21. The predicted octanol–water partition coefficient (Wildman–Crippen LogP) is 2.34. The highest BCUT2D eigenvalue weighted by molar-refractivity contribution is 5.09. The molecule has 0 amide bonds. The van der Waals surface area contributed by atoms with Gasteiger partial charge in [-0.3, -0.25) is 4.68 Å². The maximum atomic E-state index is 4.32. The van der Waals surface area contributed by atoms with Crippen LogP contribution in [0, 0.1) is 0 Å². The number of hydrogen-bond donors (Lipinski definition) is 0. The van der Waals surface area contributed by atoms with E-state index in [1.54, 1.807) is 0 Å². The predicted molar refractivity (Wildman–Crippen MR) is 44.6 cm³/mol. The Morgan fingerprint density at radius 1 is 1.55 bits per heavy atom. The van der Waals surface area contributed by atoms with Crippen molar-refractivity contribution < 1.29 is 0 Å². The van der Waals surface area contributed by atoms with E-state index in [0.717, 1.165) is 6.04 Å². The molecule has 0 bridgehead atoms. The van der Waals surface area contributed by atoms with Gasteiger partial charge in [-0.25, -0.2) is 0 Å². The van der Waals surface area contributed by atoms with Crippen molar-refractivity contribution in [3.63, 3.8) is 0 Å². The van der Waals surface area contributed by atoms with Gasteiger partial charge in [0.2, 0.25) is 0 Å². The van der Waals surface area contributed by atoms with Crippen LogP contribution in [0.3, 0.4) is 0 Å². The van der Waals surface area contributed by atoms with Crippen molar-refractivity contribution in [3.8, 4) is 0 Å². The van der Waals surface area contributed by atoms with Crippen LogP contribution in [0.15, 0.2) is 12.4 Å². The van der Waals surface area contributed by atoms with Crippen molar-refractivity contribution in [3.05, 3.63) is 18.0 Å². The van der Waals surface area contributed by atoms with Gasteiger partial charge in [0, 0.05) is 6.20 Å². The smallest absolute Gasteiger partial charge is 0.0524 e. The van der Waals surface area contributed by atoms with Crippen molar-refractivity contribution in [2.75, 3.05) is 0 Å². The second-order valence-corrected chi connectivity index (χ2v) is 3.64. The standard InChI is InChI=1S/C9H14N2/c1-7(2)8-5-10-11(6-8)9-3-4-9/h5-7,9H,3-4H2,1-2H3. The summed E-state index contributed by atoms with van der Waals surface area (Å²) in [5, 5.41) is 4.32. The first-order valence-corrected chi connectivity index (χ1v) is 4.31. The summed E-state index contributed by atoms with van der Waals surface area (Å²) in [7, 11) is 0. The van der Waals surface area contributed by atoms with Crippen molar-refractivity contribution >= 4 is 0 Å². The molecule has 0 aromatic carbocycles. The zero-order chi connectivity index (χ0) is 7.84. The average molecular weight is 150 g/mol. The van der Waals surface area contributed by atoms with E-state index in [1.165, 1.54) is 18.4 Å². The van der Waals surface area contributed by atoms with Crippen LogP contribution in [-0.4, -0.2) is 9.78 Å². The van der Waals surface area contributed by atoms with Gasteiger partial charge in [-0.1, -0.05) is 13.8 Å². The summed E-state index contributed by atoms with van der Waals surface area (Å²) in [6.45, 7) is 4.41. The third kappa shape index (κ3) is 1.30. The van der Waals surface area contributed by atoms with Crippen LogP contribution in [0.5, 0.6) is 0 Å². The van der Waals surface area contributed by atoms with Crippen molar-refractivity contribution in [1.82, 2.24) is 9.78 Å². The number of hydrogen-bond acceptors (Lipinski definition) is 1. The summed E-state index contributed by atoms with van der Waals surface area (Å²) >= 11 is 0. The fraction of sp³-hybridized carbons (Fsp3) is 0.667. The van der Waals surface area contributed by atoms with Crippen molar-refractivity contribution in [1.29, 1.82) is 0 Å². The van der Waals surface area contributed by atoms with Crippen LogP contribution in [0.25, 0.3) is 0 Å². The minimum Gasteiger partial charge on any atom is -0.269 e. The van der Waals surface area contributed by atoms with E-state index in [2.05, 4.69) is 29.8 Å². The third-order valence-corrected chi connectivity index (χ3v) is 2.21. The molecule has 1 aromatic rings. The molecule has 1 aliphatic carbocycles. The molecule has 2 rings (SSSR count). The second kappa shape index (κ2) is 2.36. The van der Waals surface area contributed by atoms with Crippen LogP contribution in [-0.2, 0) is 0 Å². The monoisotopic (exact) mass is 150 g/mol. The Bertz CT molecular complexity index is 229. The molecule has 0 aliphatic heterocycles. The van der Waals surface area contributed by atoms with Crippen LogP contribution < -0.4 is 0 Å². The van der Waals surface area contributed by atoms with Gasteiger partial charge in [0.05, 0.1) is 12.2 Å². The van der Waals surface area contributed by atoms with Gasteiger partial charge in [-0.2, -0.15) is 5.10 Å². The minimum absolute atomic E-state index is 0.613. The molecule has 1 saturated carbocycles. The molecule has 11 heavy (non-hydrogen) atoms. The molecular formula is C9H14N2. The van der Waals surface area contributed by atoms with Crippen LogP contribution >= 0.6 is 0 Å². The maximum absolute atomic E-state index is 4.32. The highest BCUT2D eigenvalue weighted by Gasteiger charge is 2.24. The van der Waals surface area contributed by atoms with Crippen molar-refractivity contribution in [2.24, 2.45) is 0 Å². The zero-order valence-electron chi connectivity index (χ0n) is 7.12. The Morgan fingerprint density at radius 2 is 2.27 bits per heavy atom. The van der Waals surface area contributed by atoms with E-state index in [4.69, 9.17) is 0 Å². The first-order chi connectivity index (χ1) is 5.27. The van der Waals surface area contributed by atoms with Gasteiger partial charge in [0.1, 0.15) is 0 Å². The van der Waals surface area contributed by atoms with Crippen LogP contribution in [0.2, 0.25) is 0 Å². The van der Waals surface area contributed by atoms with E-state index in [0.29, 0.717) is 5.92 Å². The Balaban J connectivity index is 2.18. The maximum Gasteiger partial charge on any atom is 0.0524 e. The first-order valence-electron chi connectivity index (χ1n) is 4.31. The number of aromatic nitrogens is 2. The van der Waals surface area contributed by atoms with E-state index in [-0.39, 0.29) is 0 Å². The molecule has 1 heterocycles. The first kappa shape index (κ1) is 6.89. The quantitative estimate of drug-likeness (QED) is 0.632. The number of nitrogens with zero attached hydrogens (tertiary/aromatic N) is 2. The van der Waals surface area contributed by atoms with E-state index in [1.807, 2.05) is 6.20 Å². The summed E-state index contributed by atoms with van der Waals surface area (Å²) in [6.07, 6.45) is 6.81. The molecule has 2 nitrogen and oxygen atoms in total. The summed E-state index contributed by atoms with van der Waals surface area (Å²) in [4.78, 5) is 0. The lowest BCUT2D eigenvalue weighted by Crippen LogP contribution is -1.92. The fourth-order valence-corrected chi connectivity index (χ4v) is 1.19. The molecule has 1 aliphatic rings. The van der Waals surface area contributed by atoms with Crippen molar-refractivity contribution in [2.45, 2.75) is 38.6 Å². The molecule has 0 saturated heterocycles. The summed E-state index contributed by atoms with van der Waals surface area (Å²) in [5.74, 6) is 0.613. The Labute approximate surface area is 67.2 Å². The molecule has 1 aromatic heterocycles. The fourth-order valence-electron chi connectivity index (χ4n) is 1.19. The number of rotatable bonds is 2. The normalized spacial score (nSPS) is 17.7. The van der Waals surface area contributed by atoms with Gasteiger partial charge in [0.25, 0.3) is 0 Å². The van der Waals surface area contributed by atoms with Gasteiger partial charge in [0.15, 0.2) is 0 Å². The lowest BCUT2D eigenvalue weighted by atomic mass is 10.1. The minimum atomic E-state index is 0.613. The molecular weight excluding hydrogens is 136 g/mol. The average Bonchev–Trinajstić information content (AvgIpc) is 2.68. The van der Waals surface area contributed by atoms with E-state index < -0.39 is 0 Å². The largest absolute Gasteiger partial charge is 0.269 e. The van der Waals surface area contributed by atoms with Gasteiger partial charge >= 0.3 is 0 Å². The second-order valence-electron chi connectivity index (χ2n) is 3.64. The zero-order valence-corrected chi connectivity index (χ0v) is 7.12. The Hall–Kier alpha value is -0.790. The molecule has 0 N–H and O–H groups in total. The van der Waals surface area contributed by atoms with E-state index in [9.17, 15) is 0 Å². The lowest BCUT2D eigenvalue weighted by Gasteiger charge is -1.97. The molecule has 0 spiro atoms. The molecule has 60 valence electrons. The van der Waals surface area contributed by atoms with Gasteiger partial charge < -0.3 is 0 Å². The summed E-state index contributed by atoms with van der Waals surface area (Å²) in [6, 6.07) is 0.725. The molecule has 0 radical (unpaired) electrons. The Morgan fingerprint density at radius 3 is 2.73 bits per heavy atom. The summed E-state index contributed by atoms with van der Waals surface area (Å²) < 4.78 is 2.11. The Kier molecular flexibility index (Phi) is 1.48. The molecule has 0 atom stereocenters. The molecule has 2 heteroatoms. The molecule has 1 fully saturated rings. The van der Waals surface area contributed by atoms with E-state index >= 15 is 0 Å². The van der Waals surface area contributed by atoms with Crippen LogP contribution in [0.1, 0.15) is 44.2 Å².